The Balaban J connectivity index is 0.000000249. The highest BCUT2D eigenvalue weighted by atomic mass is 16.2. The minimum Gasteiger partial charge on any atom is -0.369 e. The molecule has 82 valence electrons. The second-order valence-corrected chi connectivity index (χ2v) is 3.37. The van der Waals surface area contributed by atoms with E-state index in [4.69, 9.17) is 5.73 Å². The van der Waals surface area contributed by atoms with Crippen LogP contribution in [-0.4, -0.2) is 18.4 Å². The van der Waals surface area contributed by atoms with Crippen molar-refractivity contribution < 1.29 is 9.59 Å². The van der Waals surface area contributed by atoms with Crippen molar-refractivity contribution in [1.29, 1.82) is 0 Å². The first-order valence-corrected chi connectivity index (χ1v) is 5.17. The van der Waals surface area contributed by atoms with Gasteiger partial charge in [0.05, 0.1) is 0 Å². The van der Waals surface area contributed by atoms with Crippen molar-refractivity contribution in [2.24, 2.45) is 11.7 Å². The van der Waals surface area contributed by atoms with Gasteiger partial charge in [-0.25, -0.2) is 0 Å². The van der Waals surface area contributed by atoms with Crippen molar-refractivity contribution in [3.63, 3.8) is 0 Å². The molecule has 1 saturated heterocycles. The maximum absolute atomic E-state index is 10.4. The predicted molar refractivity (Wildman–Crippen MR) is 55.5 cm³/mol. The van der Waals surface area contributed by atoms with Gasteiger partial charge in [0, 0.05) is 18.9 Å². The van der Waals surface area contributed by atoms with Crippen LogP contribution in [0.5, 0.6) is 0 Å². The molecular weight excluding hydrogens is 180 g/mol. The van der Waals surface area contributed by atoms with E-state index in [0.29, 0.717) is 0 Å². The van der Waals surface area contributed by atoms with Crippen molar-refractivity contribution in [3.8, 4) is 0 Å². The average molecular weight is 200 g/mol. The number of carbonyl (C=O) groups is 2. The number of hydrogen-bond donors (Lipinski definition) is 2. The molecule has 4 heteroatoms. The highest BCUT2D eigenvalue weighted by Crippen LogP contribution is 2.04. The van der Waals surface area contributed by atoms with Crippen molar-refractivity contribution in [2.45, 2.75) is 39.5 Å². The molecule has 0 aromatic rings. The molecule has 2 amide bonds. The summed E-state index contributed by atoms with van der Waals surface area (Å²) in [6.45, 7) is 4.83. The molecule has 0 spiro atoms. The Morgan fingerprint density at radius 3 is 2.14 bits per heavy atom. The summed E-state index contributed by atoms with van der Waals surface area (Å²) in [5, 5.41) is 2.68. The summed E-state index contributed by atoms with van der Waals surface area (Å²) in [4.78, 5) is 20.5. The van der Waals surface area contributed by atoms with Crippen LogP contribution < -0.4 is 11.1 Å². The quantitative estimate of drug-likeness (QED) is 0.707. The topological polar surface area (TPSA) is 72.2 Å². The summed E-state index contributed by atoms with van der Waals surface area (Å²) >= 11 is 0. The highest BCUT2D eigenvalue weighted by Gasteiger charge is 2.07. The maximum atomic E-state index is 10.4. The third kappa shape index (κ3) is 5.56. The van der Waals surface area contributed by atoms with Crippen LogP contribution in [0.2, 0.25) is 0 Å². The zero-order valence-corrected chi connectivity index (χ0v) is 9.01. The first kappa shape index (κ1) is 12.9. The third-order valence-corrected chi connectivity index (χ3v) is 2.29. The van der Waals surface area contributed by atoms with Gasteiger partial charge in [0.15, 0.2) is 0 Å². The van der Waals surface area contributed by atoms with E-state index in [1.807, 2.05) is 13.8 Å². The van der Waals surface area contributed by atoms with Gasteiger partial charge in [0.2, 0.25) is 11.8 Å². The van der Waals surface area contributed by atoms with Gasteiger partial charge in [-0.15, -0.1) is 0 Å². The summed E-state index contributed by atoms with van der Waals surface area (Å²) in [7, 11) is 0. The van der Waals surface area contributed by atoms with E-state index in [1.165, 1.54) is 0 Å². The van der Waals surface area contributed by atoms with Crippen LogP contribution in [0.3, 0.4) is 0 Å². The van der Waals surface area contributed by atoms with Gasteiger partial charge < -0.3 is 11.1 Å². The molecule has 0 bridgehead atoms. The summed E-state index contributed by atoms with van der Waals surface area (Å²) in [6.07, 6.45) is 3.50. The van der Waals surface area contributed by atoms with Crippen LogP contribution in [0.1, 0.15) is 39.5 Å². The molecule has 3 N–H and O–H groups in total. The van der Waals surface area contributed by atoms with Gasteiger partial charge in [-0.05, 0) is 19.3 Å². The maximum Gasteiger partial charge on any atom is 0.220 e. The van der Waals surface area contributed by atoms with Crippen LogP contribution in [0.15, 0.2) is 0 Å². The largest absolute Gasteiger partial charge is 0.369 e. The molecule has 0 aromatic heterocycles. The zero-order chi connectivity index (χ0) is 11.0. The van der Waals surface area contributed by atoms with Crippen LogP contribution in [-0.2, 0) is 9.59 Å². The third-order valence-electron chi connectivity index (χ3n) is 2.29. The first-order chi connectivity index (χ1) is 6.61. The van der Waals surface area contributed by atoms with E-state index in [-0.39, 0.29) is 17.7 Å². The van der Waals surface area contributed by atoms with E-state index >= 15 is 0 Å². The summed E-state index contributed by atoms with van der Waals surface area (Å²) in [5.41, 5.74) is 5.02. The molecule has 0 atom stereocenters. The van der Waals surface area contributed by atoms with Crippen molar-refractivity contribution in [1.82, 2.24) is 5.32 Å². The molecule has 1 fully saturated rings. The van der Waals surface area contributed by atoms with Gasteiger partial charge in [-0.1, -0.05) is 13.8 Å². The molecule has 1 heterocycles. The lowest BCUT2D eigenvalue weighted by molar-refractivity contribution is -0.122. The number of nitrogens with one attached hydrogen (secondary N) is 1. The first-order valence-electron chi connectivity index (χ1n) is 5.17. The predicted octanol–water partition coefficient (Wildman–Crippen LogP) is 0.804. The van der Waals surface area contributed by atoms with Gasteiger partial charge in [-0.3, -0.25) is 9.59 Å². The molecule has 0 radical (unpaired) electrons. The fraction of sp³-hybridized carbons (Fsp3) is 0.800. The summed E-state index contributed by atoms with van der Waals surface area (Å²) in [6, 6.07) is 0. The lowest BCUT2D eigenvalue weighted by Gasteiger charge is -2.04. The second kappa shape index (κ2) is 7.35. The Labute approximate surface area is 85.2 Å². The number of nitrogens with two attached hydrogens (primary N) is 1. The SMILES string of the molecule is CCC(CC)C(N)=O.O=C1CCCN1. The number of primary amides is 1. The van der Waals surface area contributed by atoms with Gasteiger partial charge in [-0.2, -0.15) is 0 Å². The van der Waals surface area contributed by atoms with Crippen molar-refractivity contribution in [3.05, 3.63) is 0 Å². The minimum absolute atomic E-state index is 0.0926. The zero-order valence-electron chi connectivity index (χ0n) is 9.01. The number of carbonyl (C=O) groups excluding carboxylic acids is 2. The lowest BCUT2D eigenvalue weighted by Crippen LogP contribution is -2.21. The van der Waals surface area contributed by atoms with Gasteiger partial charge in [0.25, 0.3) is 0 Å². The Morgan fingerprint density at radius 1 is 1.50 bits per heavy atom. The standard InChI is InChI=1S/C6H13NO.C4H7NO/c1-3-5(4-2)6(7)8;6-4-2-1-3-5-4/h5H,3-4H2,1-2H3,(H2,7,8);1-3H2,(H,5,6). The van der Waals surface area contributed by atoms with E-state index < -0.39 is 0 Å². The van der Waals surface area contributed by atoms with E-state index in [1.54, 1.807) is 0 Å². The smallest absolute Gasteiger partial charge is 0.220 e. The average Bonchev–Trinajstić information content (AvgIpc) is 2.58. The molecule has 1 rings (SSSR count). The molecule has 0 aromatic carbocycles. The lowest BCUT2D eigenvalue weighted by atomic mass is 10.0. The van der Waals surface area contributed by atoms with E-state index in [2.05, 4.69) is 5.32 Å². The summed E-state index contributed by atoms with van der Waals surface area (Å²) in [5.74, 6) is 0.125. The van der Waals surface area contributed by atoms with Crippen LogP contribution in [0.4, 0.5) is 0 Å². The highest BCUT2D eigenvalue weighted by molar-refractivity contribution is 5.77. The molecule has 0 saturated carbocycles. The van der Waals surface area contributed by atoms with E-state index in [9.17, 15) is 9.59 Å². The van der Waals surface area contributed by atoms with E-state index in [0.717, 1.165) is 32.2 Å². The fourth-order valence-corrected chi connectivity index (χ4v) is 1.26. The van der Waals surface area contributed by atoms with Crippen molar-refractivity contribution in [2.75, 3.05) is 6.54 Å². The van der Waals surface area contributed by atoms with Crippen LogP contribution in [0.25, 0.3) is 0 Å². The van der Waals surface area contributed by atoms with Gasteiger partial charge >= 0.3 is 0 Å². The second-order valence-electron chi connectivity index (χ2n) is 3.37. The van der Waals surface area contributed by atoms with Crippen LogP contribution in [0, 0.1) is 5.92 Å². The number of hydrogen-bond acceptors (Lipinski definition) is 2. The van der Waals surface area contributed by atoms with Crippen LogP contribution >= 0.6 is 0 Å². The molecule has 0 aliphatic carbocycles. The molecular formula is C10H20N2O2. The Hall–Kier alpha value is -1.06. The molecule has 1 aliphatic heterocycles. The molecule has 0 unspecified atom stereocenters. The monoisotopic (exact) mass is 200 g/mol. The number of rotatable bonds is 3. The Bertz CT molecular complexity index is 181. The Kier molecular flexibility index (Phi) is 6.80. The Morgan fingerprint density at radius 2 is 2.07 bits per heavy atom. The normalized spacial score (nSPS) is 14.6. The van der Waals surface area contributed by atoms with Gasteiger partial charge in [0.1, 0.15) is 0 Å². The molecule has 14 heavy (non-hydrogen) atoms. The molecule has 4 nitrogen and oxygen atoms in total. The minimum atomic E-state index is -0.171. The van der Waals surface area contributed by atoms with Crippen molar-refractivity contribution >= 4 is 11.8 Å². The fourth-order valence-electron chi connectivity index (χ4n) is 1.26. The molecule has 1 aliphatic rings. The summed E-state index contributed by atoms with van der Waals surface area (Å²) < 4.78 is 0. The number of amides is 2.